The zero-order valence-corrected chi connectivity index (χ0v) is 18.8. The predicted octanol–water partition coefficient (Wildman–Crippen LogP) is 5.56. The van der Waals surface area contributed by atoms with Gasteiger partial charge in [-0.1, -0.05) is 6.07 Å². The van der Waals surface area contributed by atoms with Crippen LogP contribution >= 0.6 is 0 Å². The molecule has 1 amide bonds. The molecule has 2 aromatic carbocycles. The van der Waals surface area contributed by atoms with E-state index in [2.05, 4.69) is 10.3 Å². The zero-order valence-electron chi connectivity index (χ0n) is 18.8. The lowest BCUT2D eigenvalue weighted by Crippen LogP contribution is -2.09. The van der Waals surface area contributed by atoms with Crippen molar-refractivity contribution in [3.05, 3.63) is 72.6 Å². The van der Waals surface area contributed by atoms with Crippen molar-refractivity contribution >= 4 is 28.3 Å². The molecule has 4 rings (SSSR count). The van der Waals surface area contributed by atoms with Gasteiger partial charge in [-0.3, -0.25) is 4.79 Å². The number of ether oxygens (including phenoxy) is 3. The third-order valence-corrected chi connectivity index (χ3v) is 5.28. The van der Waals surface area contributed by atoms with Gasteiger partial charge in [0, 0.05) is 40.4 Å². The lowest BCUT2D eigenvalue weighted by Gasteiger charge is -2.12. The molecule has 0 aliphatic heterocycles. The second-order valence-electron chi connectivity index (χ2n) is 7.30. The van der Waals surface area contributed by atoms with Gasteiger partial charge in [-0.25, -0.2) is 4.98 Å². The van der Waals surface area contributed by atoms with Crippen LogP contribution in [-0.2, 0) is 4.79 Å². The number of furan rings is 1. The molecular weight excluding hydrogens is 420 g/mol. The normalized spacial score (nSPS) is 11.3. The molecule has 0 radical (unpaired) electrons. The standard InChI is InChI=1S/C26H24N2O5/c1-16(11-26(29)28-25-7-5-6-10-27-25)18-13-20-21(15-33-24(20)14-23(18)32-4)19-12-17(30-2)8-9-22(19)31-3/h5-15H,1-4H3,(H,27,28,29)/b16-11+. The molecule has 2 heterocycles. The number of pyridine rings is 1. The van der Waals surface area contributed by atoms with Crippen LogP contribution in [0.3, 0.4) is 0 Å². The average molecular weight is 444 g/mol. The highest BCUT2D eigenvalue weighted by Crippen LogP contribution is 2.41. The SMILES string of the molecule is COc1ccc(OC)c(-c2coc3cc(OC)c(/C(C)=C/C(=O)Nc4ccccn4)cc23)c1. The maximum Gasteiger partial charge on any atom is 0.249 e. The lowest BCUT2D eigenvalue weighted by atomic mass is 9.98. The number of carbonyl (C=O) groups is 1. The Labute approximate surface area is 191 Å². The molecule has 0 saturated carbocycles. The summed E-state index contributed by atoms with van der Waals surface area (Å²) >= 11 is 0. The van der Waals surface area contributed by atoms with E-state index in [9.17, 15) is 4.79 Å². The molecule has 4 aromatic rings. The molecule has 0 aliphatic rings. The van der Waals surface area contributed by atoms with E-state index < -0.39 is 0 Å². The first-order chi connectivity index (χ1) is 16.0. The van der Waals surface area contributed by atoms with Crippen LogP contribution in [0.1, 0.15) is 12.5 Å². The minimum absolute atomic E-state index is 0.282. The van der Waals surface area contributed by atoms with E-state index >= 15 is 0 Å². The van der Waals surface area contributed by atoms with Crippen molar-refractivity contribution in [3.63, 3.8) is 0 Å². The number of rotatable bonds is 7. The van der Waals surface area contributed by atoms with Crippen LogP contribution in [0.4, 0.5) is 5.82 Å². The van der Waals surface area contributed by atoms with Gasteiger partial charge in [0.05, 0.1) is 27.6 Å². The number of allylic oxidation sites excluding steroid dienone is 1. The number of fused-ring (bicyclic) bond motifs is 1. The molecule has 0 fully saturated rings. The number of anilines is 1. The Morgan fingerprint density at radius 1 is 0.970 bits per heavy atom. The van der Waals surface area contributed by atoms with Gasteiger partial charge in [0.2, 0.25) is 5.91 Å². The van der Waals surface area contributed by atoms with Crippen molar-refractivity contribution in [2.24, 2.45) is 0 Å². The average Bonchev–Trinajstić information content (AvgIpc) is 3.25. The second kappa shape index (κ2) is 9.48. The Hall–Kier alpha value is -4.26. The summed E-state index contributed by atoms with van der Waals surface area (Å²) in [6.07, 6.45) is 4.82. The molecule has 0 bridgehead atoms. The van der Waals surface area contributed by atoms with Crippen molar-refractivity contribution in [1.29, 1.82) is 0 Å². The van der Waals surface area contributed by atoms with E-state index in [-0.39, 0.29) is 5.91 Å². The summed E-state index contributed by atoms with van der Waals surface area (Å²) < 4.78 is 22.4. The third kappa shape index (κ3) is 4.52. The van der Waals surface area contributed by atoms with Crippen molar-refractivity contribution in [2.45, 2.75) is 6.92 Å². The van der Waals surface area contributed by atoms with Gasteiger partial charge in [-0.15, -0.1) is 0 Å². The predicted molar refractivity (Wildman–Crippen MR) is 128 cm³/mol. The molecule has 0 saturated heterocycles. The van der Waals surface area contributed by atoms with Crippen LogP contribution < -0.4 is 19.5 Å². The fourth-order valence-electron chi connectivity index (χ4n) is 3.64. The quantitative estimate of drug-likeness (QED) is 0.376. The molecule has 0 aliphatic carbocycles. The minimum atomic E-state index is -0.282. The van der Waals surface area contributed by atoms with E-state index in [1.807, 2.05) is 43.3 Å². The van der Waals surface area contributed by atoms with Gasteiger partial charge >= 0.3 is 0 Å². The van der Waals surface area contributed by atoms with Crippen LogP contribution in [0.2, 0.25) is 0 Å². The summed E-state index contributed by atoms with van der Waals surface area (Å²) in [5, 5.41) is 3.62. The number of carbonyl (C=O) groups excluding carboxylic acids is 1. The summed E-state index contributed by atoms with van der Waals surface area (Å²) in [5.41, 5.74) is 3.83. The highest BCUT2D eigenvalue weighted by Gasteiger charge is 2.18. The van der Waals surface area contributed by atoms with Gasteiger partial charge in [0.25, 0.3) is 0 Å². The van der Waals surface area contributed by atoms with Crippen LogP contribution in [0.5, 0.6) is 17.2 Å². The van der Waals surface area contributed by atoms with Crippen molar-refractivity contribution < 1.29 is 23.4 Å². The second-order valence-corrected chi connectivity index (χ2v) is 7.30. The van der Waals surface area contributed by atoms with E-state index in [1.54, 1.807) is 45.9 Å². The first-order valence-corrected chi connectivity index (χ1v) is 10.3. The molecule has 168 valence electrons. The Kier molecular flexibility index (Phi) is 6.31. The summed E-state index contributed by atoms with van der Waals surface area (Å²) in [4.78, 5) is 16.7. The lowest BCUT2D eigenvalue weighted by molar-refractivity contribution is -0.111. The third-order valence-electron chi connectivity index (χ3n) is 5.28. The fourth-order valence-corrected chi connectivity index (χ4v) is 3.64. The Morgan fingerprint density at radius 3 is 2.48 bits per heavy atom. The number of nitrogens with zero attached hydrogens (tertiary/aromatic N) is 1. The number of hydrogen-bond acceptors (Lipinski definition) is 6. The van der Waals surface area contributed by atoms with E-state index in [1.165, 1.54) is 6.08 Å². The monoisotopic (exact) mass is 444 g/mol. The molecule has 0 unspecified atom stereocenters. The molecule has 7 nitrogen and oxygen atoms in total. The van der Waals surface area contributed by atoms with Gasteiger partial charge in [0.15, 0.2) is 0 Å². The zero-order chi connectivity index (χ0) is 23.4. The van der Waals surface area contributed by atoms with Gasteiger partial charge in [-0.2, -0.15) is 0 Å². The first-order valence-electron chi connectivity index (χ1n) is 10.3. The maximum atomic E-state index is 12.5. The molecule has 0 atom stereocenters. The number of benzene rings is 2. The summed E-state index contributed by atoms with van der Waals surface area (Å²) in [7, 11) is 4.82. The van der Waals surface area contributed by atoms with E-state index in [0.717, 1.165) is 27.6 Å². The number of aromatic nitrogens is 1. The molecule has 7 heteroatoms. The topological polar surface area (TPSA) is 82.8 Å². The summed E-state index contributed by atoms with van der Waals surface area (Å²) in [6, 6.07) is 14.7. The van der Waals surface area contributed by atoms with Gasteiger partial charge in [0.1, 0.15) is 28.6 Å². The van der Waals surface area contributed by atoms with Gasteiger partial charge in [-0.05, 0) is 48.9 Å². The fraction of sp³-hybridized carbons (Fsp3) is 0.154. The largest absolute Gasteiger partial charge is 0.497 e. The highest BCUT2D eigenvalue weighted by atomic mass is 16.5. The van der Waals surface area contributed by atoms with Crippen molar-refractivity contribution in [2.75, 3.05) is 26.6 Å². The van der Waals surface area contributed by atoms with Crippen molar-refractivity contribution in [1.82, 2.24) is 4.98 Å². The minimum Gasteiger partial charge on any atom is -0.497 e. The van der Waals surface area contributed by atoms with Crippen LogP contribution in [0.25, 0.3) is 27.7 Å². The summed E-state index contributed by atoms with van der Waals surface area (Å²) in [6.45, 7) is 1.85. The number of hydrogen-bond donors (Lipinski definition) is 1. The van der Waals surface area contributed by atoms with Gasteiger partial charge < -0.3 is 23.9 Å². The number of nitrogens with one attached hydrogen (secondary N) is 1. The maximum absolute atomic E-state index is 12.5. The van der Waals surface area contributed by atoms with Crippen LogP contribution in [0.15, 0.2) is 71.5 Å². The number of methoxy groups -OCH3 is 3. The first kappa shape index (κ1) is 22.0. The van der Waals surface area contributed by atoms with Crippen LogP contribution in [-0.4, -0.2) is 32.2 Å². The molecule has 1 N–H and O–H groups in total. The molecule has 2 aromatic heterocycles. The number of amides is 1. The van der Waals surface area contributed by atoms with E-state index in [4.69, 9.17) is 18.6 Å². The molecule has 33 heavy (non-hydrogen) atoms. The Morgan fingerprint density at radius 2 is 1.79 bits per heavy atom. The smallest absolute Gasteiger partial charge is 0.249 e. The molecule has 0 spiro atoms. The summed E-state index contributed by atoms with van der Waals surface area (Å²) in [5.74, 6) is 2.20. The van der Waals surface area contributed by atoms with Crippen LogP contribution in [0, 0.1) is 0 Å². The molecular formula is C26H24N2O5. The Bertz CT molecular complexity index is 1330. The Balaban J connectivity index is 1.77. The van der Waals surface area contributed by atoms with E-state index in [0.29, 0.717) is 28.6 Å². The van der Waals surface area contributed by atoms with Crippen molar-refractivity contribution in [3.8, 4) is 28.4 Å². The highest BCUT2D eigenvalue weighted by molar-refractivity contribution is 6.05.